The van der Waals surface area contributed by atoms with Gasteiger partial charge in [-0.25, -0.2) is 0 Å². The summed E-state index contributed by atoms with van der Waals surface area (Å²) in [5.41, 5.74) is 5.92. The Kier molecular flexibility index (Phi) is 1.86. The highest BCUT2D eigenvalue weighted by atomic mass is 16.6. The molecule has 6 heteroatoms. The van der Waals surface area contributed by atoms with E-state index in [-0.39, 0.29) is 11.9 Å². The van der Waals surface area contributed by atoms with Gasteiger partial charge in [0, 0.05) is 6.04 Å². The summed E-state index contributed by atoms with van der Waals surface area (Å²) in [6.45, 7) is 1.71. The molecule has 1 atom stereocenters. The number of aromatic nitrogens is 2. The van der Waals surface area contributed by atoms with Crippen molar-refractivity contribution in [1.29, 1.82) is 0 Å². The van der Waals surface area contributed by atoms with Gasteiger partial charge in [-0.3, -0.25) is 0 Å². The van der Waals surface area contributed by atoms with Gasteiger partial charge >= 0.3 is 5.82 Å². The van der Waals surface area contributed by atoms with Crippen LogP contribution in [0.3, 0.4) is 0 Å². The van der Waals surface area contributed by atoms with Crippen LogP contribution in [-0.4, -0.2) is 15.1 Å². The Morgan fingerprint density at radius 1 is 1.91 bits per heavy atom. The number of nitrogens with one attached hydrogen (secondary N) is 1. The Labute approximate surface area is 62.6 Å². The summed E-state index contributed by atoms with van der Waals surface area (Å²) in [6, 6.07) is 1.05. The van der Waals surface area contributed by atoms with Crippen LogP contribution in [0.25, 0.3) is 0 Å². The number of nitrogens with zero attached hydrogens (tertiary/aromatic N) is 2. The second-order valence-electron chi connectivity index (χ2n) is 2.22. The second kappa shape index (κ2) is 2.67. The fraction of sp³-hybridized carbons (Fsp3) is 0.400. The maximum absolute atomic E-state index is 10.1. The third kappa shape index (κ3) is 1.53. The molecule has 60 valence electrons. The van der Waals surface area contributed by atoms with Crippen LogP contribution >= 0.6 is 0 Å². The van der Waals surface area contributed by atoms with E-state index >= 15 is 0 Å². The number of hydrogen-bond acceptors (Lipinski definition) is 4. The Bertz CT molecular complexity index is 267. The Morgan fingerprint density at radius 3 is 2.82 bits per heavy atom. The minimum Gasteiger partial charge on any atom is -0.358 e. The van der Waals surface area contributed by atoms with Crippen LogP contribution in [0, 0.1) is 10.1 Å². The van der Waals surface area contributed by atoms with Crippen molar-refractivity contribution in [3.8, 4) is 0 Å². The van der Waals surface area contributed by atoms with Crippen molar-refractivity contribution in [2.75, 3.05) is 0 Å². The largest absolute Gasteiger partial charge is 0.358 e. The van der Waals surface area contributed by atoms with E-state index in [1.807, 2.05) is 0 Å². The molecule has 0 radical (unpaired) electrons. The van der Waals surface area contributed by atoms with Crippen molar-refractivity contribution in [2.45, 2.75) is 13.0 Å². The number of nitro groups is 1. The summed E-state index contributed by atoms with van der Waals surface area (Å²) in [5, 5.41) is 16.0. The fourth-order valence-corrected chi connectivity index (χ4v) is 0.653. The number of rotatable bonds is 2. The predicted octanol–water partition coefficient (Wildman–Crippen LogP) is 0.338. The predicted molar refractivity (Wildman–Crippen MR) is 37.8 cm³/mol. The molecule has 1 heterocycles. The first kappa shape index (κ1) is 7.67. The first-order valence-electron chi connectivity index (χ1n) is 3.06. The molecule has 0 saturated heterocycles. The highest BCUT2D eigenvalue weighted by molar-refractivity contribution is 5.22. The van der Waals surface area contributed by atoms with Gasteiger partial charge in [0.05, 0.1) is 6.07 Å². The standard InChI is InChI=1S/C5H8N4O2/c1-3(6)4-2-5(8-7-4)9(10)11/h2-3H,6H2,1H3,(H,7,8)/t3-/m1/s1. The van der Waals surface area contributed by atoms with Crippen molar-refractivity contribution < 1.29 is 4.92 Å². The molecule has 0 aliphatic carbocycles. The quantitative estimate of drug-likeness (QED) is 0.476. The summed E-state index contributed by atoms with van der Waals surface area (Å²) in [4.78, 5) is 9.59. The summed E-state index contributed by atoms with van der Waals surface area (Å²) >= 11 is 0. The lowest BCUT2D eigenvalue weighted by molar-refractivity contribution is -0.389. The third-order valence-electron chi connectivity index (χ3n) is 1.25. The molecule has 1 aromatic rings. The number of H-pyrrole nitrogens is 1. The van der Waals surface area contributed by atoms with Gasteiger partial charge in [-0.2, -0.15) is 0 Å². The lowest BCUT2D eigenvalue weighted by Crippen LogP contribution is -2.04. The Hall–Kier alpha value is -1.43. The molecule has 11 heavy (non-hydrogen) atoms. The zero-order valence-corrected chi connectivity index (χ0v) is 5.94. The van der Waals surface area contributed by atoms with Gasteiger partial charge in [-0.15, -0.1) is 5.10 Å². The van der Waals surface area contributed by atoms with Crippen LogP contribution in [0.15, 0.2) is 6.07 Å². The van der Waals surface area contributed by atoms with Gasteiger partial charge in [0.15, 0.2) is 0 Å². The van der Waals surface area contributed by atoms with Gasteiger partial charge in [0.1, 0.15) is 5.69 Å². The summed E-state index contributed by atoms with van der Waals surface area (Å²) in [6.07, 6.45) is 0. The van der Waals surface area contributed by atoms with E-state index in [4.69, 9.17) is 5.73 Å². The minimum atomic E-state index is -0.543. The molecule has 0 fully saturated rings. The van der Waals surface area contributed by atoms with Gasteiger partial charge in [-0.1, -0.05) is 5.10 Å². The van der Waals surface area contributed by atoms with Crippen LogP contribution in [0.1, 0.15) is 18.7 Å². The summed E-state index contributed by atoms with van der Waals surface area (Å²) < 4.78 is 0. The van der Waals surface area contributed by atoms with Crippen LogP contribution in [0.2, 0.25) is 0 Å². The highest BCUT2D eigenvalue weighted by Crippen LogP contribution is 2.12. The first-order chi connectivity index (χ1) is 5.11. The van der Waals surface area contributed by atoms with E-state index in [2.05, 4.69) is 10.2 Å². The Morgan fingerprint density at radius 2 is 2.55 bits per heavy atom. The van der Waals surface area contributed by atoms with Crippen molar-refractivity contribution in [3.05, 3.63) is 21.9 Å². The normalized spacial score (nSPS) is 12.9. The molecule has 0 aliphatic rings. The van der Waals surface area contributed by atoms with Crippen LogP contribution in [0.5, 0.6) is 0 Å². The third-order valence-corrected chi connectivity index (χ3v) is 1.25. The monoisotopic (exact) mass is 156 g/mol. The van der Waals surface area contributed by atoms with E-state index in [1.165, 1.54) is 6.07 Å². The van der Waals surface area contributed by atoms with Crippen LogP contribution in [0.4, 0.5) is 5.82 Å². The topological polar surface area (TPSA) is 97.8 Å². The molecule has 6 nitrogen and oxygen atoms in total. The Balaban J connectivity index is 2.90. The SMILES string of the molecule is C[C@@H](N)c1cc([N+](=O)[O-])[nH]n1. The first-order valence-corrected chi connectivity index (χ1v) is 3.06. The molecule has 1 rings (SSSR count). The maximum atomic E-state index is 10.1. The van der Waals surface area contributed by atoms with Crippen molar-refractivity contribution in [1.82, 2.24) is 10.2 Å². The smallest absolute Gasteiger partial charge is 0.342 e. The highest BCUT2D eigenvalue weighted by Gasteiger charge is 2.11. The molecule has 0 amide bonds. The average Bonchev–Trinajstić information content (AvgIpc) is 2.33. The van der Waals surface area contributed by atoms with Gasteiger partial charge in [0.2, 0.25) is 0 Å². The van der Waals surface area contributed by atoms with Gasteiger partial charge in [-0.05, 0) is 11.8 Å². The number of hydrogen-bond donors (Lipinski definition) is 2. The van der Waals surface area contributed by atoms with Gasteiger partial charge < -0.3 is 15.8 Å². The number of nitrogens with two attached hydrogens (primary N) is 1. The summed E-state index contributed by atoms with van der Waals surface area (Å²) in [5.74, 6) is -0.127. The lowest BCUT2D eigenvalue weighted by atomic mass is 10.2. The van der Waals surface area contributed by atoms with Crippen molar-refractivity contribution >= 4 is 5.82 Å². The number of aromatic amines is 1. The van der Waals surface area contributed by atoms with Crippen LogP contribution in [-0.2, 0) is 0 Å². The molecule has 0 aliphatic heterocycles. The molecule has 3 N–H and O–H groups in total. The molecule has 1 aromatic heterocycles. The molecule has 0 unspecified atom stereocenters. The minimum absolute atomic E-state index is 0.127. The van der Waals surface area contributed by atoms with Gasteiger partial charge in [0.25, 0.3) is 0 Å². The van der Waals surface area contributed by atoms with Crippen molar-refractivity contribution in [2.24, 2.45) is 5.73 Å². The van der Waals surface area contributed by atoms with E-state index in [1.54, 1.807) is 6.92 Å². The van der Waals surface area contributed by atoms with E-state index < -0.39 is 4.92 Å². The van der Waals surface area contributed by atoms with E-state index in [9.17, 15) is 10.1 Å². The lowest BCUT2D eigenvalue weighted by Gasteiger charge is -1.93. The second-order valence-corrected chi connectivity index (χ2v) is 2.22. The molecule has 0 spiro atoms. The zero-order valence-electron chi connectivity index (χ0n) is 5.94. The molecular formula is C5H8N4O2. The fourth-order valence-electron chi connectivity index (χ4n) is 0.653. The van der Waals surface area contributed by atoms with Crippen molar-refractivity contribution in [3.63, 3.8) is 0 Å². The molecule has 0 aromatic carbocycles. The molecule has 0 saturated carbocycles. The maximum Gasteiger partial charge on any atom is 0.342 e. The molecule has 0 bridgehead atoms. The molecular weight excluding hydrogens is 148 g/mol. The van der Waals surface area contributed by atoms with E-state index in [0.29, 0.717) is 5.69 Å². The summed E-state index contributed by atoms with van der Waals surface area (Å²) in [7, 11) is 0. The van der Waals surface area contributed by atoms with E-state index in [0.717, 1.165) is 0 Å². The average molecular weight is 156 g/mol. The zero-order chi connectivity index (χ0) is 8.43. The van der Waals surface area contributed by atoms with Crippen LogP contribution < -0.4 is 5.73 Å².